The van der Waals surface area contributed by atoms with Crippen LogP contribution in [-0.4, -0.2) is 0 Å². The van der Waals surface area contributed by atoms with Gasteiger partial charge < -0.3 is 5.32 Å². The zero-order valence-corrected chi connectivity index (χ0v) is 16.4. The first kappa shape index (κ1) is 16.6. The SMILES string of the molecule is Clc1cc(Cl)c2c(c1)[C@H]1[C@@H]3CC[C@@H](C3)[C@H]1[C@H](c1ccc(Cl)c(Cl)c1)N2. The summed E-state index contributed by atoms with van der Waals surface area (Å²) in [4.78, 5) is 0. The minimum atomic E-state index is 0.209. The van der Waals surface area contributed by atoms with Crippen LogP contribution in [0.2, 0.25) is 20.1 Å². The summed E-state index contributed by atoms with van der Waals surface area (Å²) >= 11 is 25.3. The molecule has 1 nitrogen and oxygen atoms in total. The van der Waals surface area contributed by atoms with E-state index >= 15 is 0 Å². The van der Waals surface area contributed by atoms with Crippen molar-refractivity contribution in [1.82, 2.24) is 0 Å². The molecule has 3 aliphatic rings. The molecular formula is C20H17Cl4N. The molecule has 0 unspecified atom stereocenters. The molecule has 0 radical (unpaired) electrons. The lowest BCUT2D eigenvalue weighted by atomic mass is 9.68. The normalized spacial score (nSPS) is 32.2. The third kappa shape index (κ3) is 2.51. The summed E-state index contributed by atoms with van der Waals surface area (Å²) in [5.74, 6) is 2.55. The highest BCUT2D eigenvalue weighted by molar-refractivity contribution is 6.42. The van der Waals surface area contributed by atoms with Crippen molar-refractivity contribution in [2.24, 2.45) is 17.8 Å². The Morgan fingerprint density at radius 1 is 0.840 bits per heavy atom. The van der Waals surface area contributed by atoms with Gasteiger partial charge in [-0.3, -0.25) is 0 Å². The highest BCUT2D eigenvalue weighted by atomic mass is 35.5. The van der Waals surface area contributed by atoms with E-state index in [0.717, 1.165) is 22.5 Å². The van der Waals surface area contributed by atoms with Crippen molar-refractivity contribution >= 4 is 52.1 Å². The van der Waals surface area contributed by atoms with Crippen molar-refractivity contribution in [3.8, 4) is 0 Å². The molecule has 2 aliphatic carbocycles. The largest absolute Gasteiger partial charge is 0.376 e. The Hall–Kier alpha value is -0.600. The number of fused-ring (bicyclic) bond motifs is 7. The Bertz CT molecular complexity index is 865. The first-order valence-electron chi connectivity index (χ1n) is 8.73. The molecule has 2 bridgehead atoms. The van der Waals surface area contributed by atoms with Gasteiger partial charge in [-0.2, -0.15) is 0 Å². The summed E-state index contributed by atoms with van der Waals surface area (Å²) in [7, 11) is 0. The van der Waals surface area contributed by atoms with Crippen LogP contribution in [0.15, 0.2) is 30.3 Å². The zero-order valence-electron chi connectivity index (χ0n) is 13.4. The van der Waals surface area contributed by atoms with E-state index in [0.29, 0.717) is 26.9 Å². The fourth-order valence-corrected chi connectivity index (χ4v) is 6.42. The molecule has 0 aromatic heterocycles. The molecule has 5 rings (SSSR count). The minimum Gasteiger partial charge on any atom is -0.376 e. The Morgan fingerprint density at radius 2 is 1.64 bits per heavy atom. The Labute approximate surface area is 167 Å². The van der Waals surface area contributed by atoms with Crippen LogP contribution in [0, 0.1) is 17.8 Å². The first-order chi connectivity index (χ1) is 12.0. The fourth-order valence-electron chi connectivity index (χ4n) is 5.55. The van der Waals surface area contributed by atoms with Crippen molar-refractivity contribution in [3.63, 3.8) is 0 Å². The van der Waals surface area contributed by atoms with E-state index in [1.54, 1.807) is 0 Å². The van der Waals surface area contributed by atoms with Gasteiger partial charge in [0.25, 0.3) is 0 Å². The van der Waals surface area contributed by atoms with Crippen molar-refractivity contribution in [2.75, 3.05) is 5.32 Å². The van der Waals surface area contributed by atoms with E-state index in [4.69, 9.17) is 46.4 Å². The second kappa shape index (κ2) is 5.96. The van der Waals surface area contributed by atoms with E-state index in [1.807, 2.05) is 18.2 Å². The quantitative estimate of drug-likeness (QED) is 0.508. The second-order valence-electron chi connectivity index (χ2n) is 7.58. The van der Waals surface area contributed by atoms with Gasteiger partial charge in [0.15, 0.2) is 0 Å². The lowest BCUT2D eigenvalue weighted by Crippen LogP contribution is -2.35. The first-order valence-corrected chi connectivity index (χ1v) is 10.2. The summed E-state index contributed by atoms with van der Waals surface area (Å²) in [5.41, 5.74) is 3.52. The highest BCUT2D eigenvalue weighted by Gasteiger charge is 2.54. The molecule has 25 heavy (non-hydrogen) atoms. The number of benzene rings is 2. The molecule has 2 saturated carbocycles. The third-order valence-corrected chi connectivity index (χ3v) is 7.67. The van der Waals surface area contributed by atoms with Crippen LogP contribution < -0.4 is 5.32 Å². The van der Waals surface area contributed by atoms with Crippen molar-refractivity contribution in [2.45, 2.75) is 31.2 Å². The Morgan fingerprint density at radius 3 is 2.44 bits per heavy atom. The van der Waals surface area contributed by atoms with Gasteiger partial charge in [-0.05, 0) is 78.3 Å². The highest BCUT2D eigenvalue weighted by Crippen LogP contribution is 2.64. The molecule has 2 aromatic carbocycles. The van der Waals surface area contributed by atoms with Gasteiger partial charge in [-0.1, -0.05) is 52.5 Å². The van der Waals surface area contributed by atoms with E-state index in [-0.39, 0.29) is 6.04 Å². The summed E-state index contributed by atoms with van der Waals surface area (Å²) in [6.45, 7) is 0. The average molecular weight is 413 g/mol. The molecule has 1 N–H and O–H groups in total. The topological polar surface area (TPSA) is 12.0 Å². The lowest BCUT2D eigenvalue weighted by Gasteiger charge is -2.44. The van der Waals surface area contributed by atoms with Crippen molar-refractivity contribution in [3.05, 3.63) is 61.5 Å². The second-order valence-corrected chi connectivity index (χ2v) is 9.24. The number of halogens is 4. The third-order valence-electron chi connectivity index (χ3n) is 6.41. The minimum absolute atomic E-state index is 0.209. The molecule has 0 saturated heterocycles. The van der Waals surface area contributed by atoms with E-state index < -0.39 is 0 Å². The number of hydrogen-bond donors (Lipinski definition) is 1. The lowest BCUT2D eigenvalue weighted by molar-refractivity contribution is 0.247. The van der Waals surface area contributed by atoms with Gasteiger partial charge >= 0.3 is 0 Å². The molecule has 1 heterocycles. The molecule has 2 fully saturated rings. The number of anilines is 1. The molecule has 0 spiro atoms. The van der Waals surface area contributed by atoms with E-state index in [9.17, 15) is 0 Å². The maximum Gasteiger partial charge on any atom is 0.0655 e. The number of nitrogens with one attached hydrogen (secondary N) is 1. The van der Waals surface area contributed by atoms with Crippen LogP contribution in [-0.2, 0) is 0 Å². The Kier molecular flexibility index (Phi) is 3.95. The summed E-state index contributed by atoms with van der Waals surface area (Å²) in [6.07, 6.45) is 3.93. The van der Waals surface area contributed by atoms with Gasteiger partial charge in [0.05, 0.1) is 26.8 Å². The predicted octanol–water partition coefficient (Wildman–Crippen LogP) is 7.60. The van der Waals surface area contributed by atoms with Crippen LogP contribution in [0.1, 0.15) is 42.3 Å². The summed E-state index contributed by atoms with van der Waals surface area (Å²) in [6, 6.07) is 10.1. The average Bonchev–Trinajstić information content (AvgIpc) is 3.19. The van der Waals surface area contributed by atoms with Gasteiger partial charge in [-0.15, -0.1) is 0 Å². The standard InChI is InChI=1S/C20H17Cl4N/c21-12-7-13-17-9-1-2-10(5-9)18(17)19(25-20(13)16(24)8-12)11-3-4-14(22)15(23)6-11/h3-4,6-10,17-19,25H,1-2,5H2/t9-,10+,17-,18-,19+/m1/s1. The maximum absolute atomic E-state index is 6.56. The smallest absolute Gasteiger partial charge is 0.0655 e. The van der Waals surface area contributed by atoms with E-state index in [1.165, 1.54) is 30.4 Å². The molecule has 5 atom stereocenters. The Balaban J connectivity index is 1.67. The number of hydrogen-bond acceptors (Lipinski definition) is 1. The van der Waals surface area contributed by atoms with Gasteiger partial charge in [-0.25, -0.2) is 0 Å². The van der Waals surface area contributed by atoms with Crippen molar-refractivity contribution < 1.29 is 0 Å². The van der Waals surface area contributed by atoms with Gasteiger partial charge in [0.2, 0.25) is 0 Å². The molecule has 130 valence electrons. The van der Waals surface area contributed by atoms with Crippen LogP contribution in [0.4, 0.5) is 5.69 Å². The predicted molar refractivity (Wildman–Crippen MR) is 106 cm³/mol. The van der Waals surface area contributed by atoms with E-state index in [2.05, 4.69) is 17.4 Å². The number of rotatable bonds is 1. The summed E-state index contributed by atoms with van der Waals surface area (Å²) in [5, 5.41) is 6.34. The van der Waals surface area contributed by atoms with Crippen LogP contribution in [0.25, 0.3) is 0 Å². The molecule has 1 aliphatic heterocycles. The zero-order chi connectivity index (χ0) is 17.3. The molecule has 2 aromatic rings. The van der Waals surface area contributed by atoms with Crippen LogP contribution in [0.5, 0.6) is 0 Å². The fraction of sp³-hybridized carbons (Fsp3) is 0.400. The molecule has 5 heteroatoms. The van der Waals surface area contributed by atoms with Crippen LogP contribution in [0.3, 0.4) is 0 Å². The van der Waals surface area contributed by atoms with Crippen LogP contribution >= 0.6 is 46.4 Å². The van der Waals surface area contributed by atoms with Crippen molar-refractivity contribution in [1.29, 1.82) is 0 Å². The maximum atomic E-state index is 6.56. The molecule has 0 amide bonds. The van der Waals surface area contributed by atoms with Gasteiger partial charge in [0.1, 0.15) is 0 Å². The van der Waals surface area contributed by atoms with Gasteiger partial charge in [0, 0.05) is 5.02 Å². The molecular weight excluding hydrogens is 396 g/mol. The summed E-state index contributed by atoms with van der Waals surface area (Å²) < 4.78 is 0. The monoisotopic (exact) mass is 411 g/mol.